The summed E-state index contributed by atoms with van der Waals surface area (Å²) in [7, 11) is -2.18. The minimum Gasteiger partial charge on any atom is -0.378 e. The van der Waals surface area contributed by atoms with Crippen molar-refractivity contribution in [3.05, 3.63) is 0 Å². The number of ether oxygens (including phenoxy) is 3. The van der Waals surface area contributed by atoms with Crippen LogP contribution in [0.2, 0.25) is 0 Å². The van der Waals surface area contributed by atoms with Gasteiger partial charge in [-0.2, -0.15) is 0 Å². The van der Waals surface area contributed by atoms with Crippen LogP contribution in [0.3, 0.4) is 0 Å². The van der Waals surface area contributed by atoms with E-state index in [4.69, 9.17) is 29.0 Å². The first kappa shape index (κ1) is 60.5. The zero-order chi connectivity index (χ0) is 46.3. The number of nitrogens with one attached hydrogen (secondary N) is 1. The molecule has 0 bridgehead atoms. The lowest BCUT2D eigenvalue weighted by Gasteiger charge is -2.46. The van der Waals surface area contributed by atoms with Gasteiger partial charge in [0.25, 0.3) is 0 Å². The fourth-order valence-corrected chi connectivity index (χ4v) is 13.1. The molecule has 3 N–H and O–H groups in total. The molecule has 17 heteroatoms. The van der Waals surface area contributed by atoms with E-state index in [1.807, 2.05) is 20.8 Å². The number of nitrogens with two attached hydrogens (primary N) is 1. The molecule has 0 amide bonds. The normalized spacial score (nSPS) is 16.1. The number of hydrogen-bond acceptors (Lipinski definition) is 15. The van der Waals surface area contributed by atoms with E-state index >= 15 is 0 Å². The molecule has 0 aliphatic carbocycles. The van der Waals surface area contributed by atoms with Crippen molar-refractivity contribution < 1.29 is 32.8 Å². The molecule has 0 saturated heterocycles. The first-order chi connectivity index (χ1) is 28.0. The Labute approximate surface area is 380 Å². The minimum atomic E-state index is -1.23. The number of carbonyl (C=O) groups is 2. The minimum absolute atomic E-state index is 0.0171. The fourth-order valence-electron chi connectivity index (χ4n) is 6.82. The Kier molecular flexibility index (Phi) is 33.3. The van der Waals surface area contributed by atoms with Gasteiger partial charge in [-0.1, -0.05) is 37.4 Å². The van der Waals surface area contributed by atoms with Gasteiger partial charge in [-0.05, 0) is 118 Å². The highest BCUT2D eigenvalue weighted by molar-refractivity contribution is 8.13. The SMILES string of the molecule is CCOC(COP(N(C(C)C)C(C)C)N(C(C)C)C(C)CNC(C)C(C)C(=O)SCCOCCOP(N(C(C)C)C(C)C)N(C(C)C)C(C)C)OCCSC(=O)C(C)CN. The van der Waals surface area contributed by atoms with Gasteiger partial charge >= 0.3 is 0 Å². The molecule has 0 heterocycles. The summed E-state index contributed by atoms with van der Waals surface area (Å²) in [5, 5.41) is 3.93. The second-order valence-electron chi connectivity index (χ2n) is 17.5. The van der Waals surface area contributed by atoms with Crippen molar-refractivity contribution in [3.63, 3.8) is 0 Å². The van der Waals surface area contributed by atoms with Crippen LogP contribution in [0.1, 0.15) is 132 Å². The average Bonchev–Trinajstić information content (AvgIpc) is 3.14. The predicted octanol–water partition coefficient (Wildman–Crippen LogP) is 9.05. The van der Waals surface area contributed by atoms with E-state index < -0.39 is 23.2 Å². The van der Waals surface area contributed by atoms with Crippen LogP contribution in [0, 0.1) is 11.8 Å². The third-order valence-electron chi connectivity index (χ3n) is 9.77. The molecule has 0 aliphatic rings. The third-order valence-corrected chi connectivity index (χ3v) is 17.9. The topological polar surface area (TPSA) is 131 Å². The number of thioether (sulfide) groups is 2. The lowest BCUT2D eigenvalue weighted by atomic mass is 10.1. The first-order valence-corrected chi connectivity index (χ1v) is 26.9. The summed E-state index contributed by atoms with van der Waals surface area (Å²) in [4.78, 5) is 25.6. The van der Waals surface area contributed by atoms with Gasteiger partial charge in [-0.15, -0.1) is 0 Å². The maximum atomic E-state index is 13.3. The van der Waals surface area contributed by atoms with E-state index in [0.29, 0.717) is 81.8 Å². The number of carbonyl (C=O) groups excluding carboxylic acids is 2. The van der Waals surface area contributed by atoms with Crippen molar-refractivity contribution in [3.8, 4) is 0 Å². The standard InChI is InChI=1S/C43H92N6O7P2S2/c1-20-53-41(54-24-26-59-42(50)37(16)27-44)29-56-58(48(34(10)11)35(12)13)49(36(14)15)38(17)28-45-40(19)39(18)43(51)60-25-23-52-21-22-55-57(46(30(2)3)31(4)5)47(32(6)7)33(8)9/h30-41,45H,20-29,44H2,1-19H3. The Hall–Kier alpha value is 0.460. The molecule has 0 aromatic rings. The van der Waals surface area contributed by atoms with E-state index in [9.17, 15) is 9.59 Å². The largest absolute Gasteiger partial charge is 0.378 e. The van der Waals surface area contributed by atoms with Crippen LogP contribution in [0.15, 0.2) is 0 Å². The Morgan fingerprint density at radius 1 is 0.583 bits per heavy atom. The van der Waals surface area contributed by atoms with E-state index in [1.54, 1.807) is 0 Å². The average molecular weight is 931 g/mol. The molecule has 358 valence electrons. The van der Waals surface area contributed by atoms with Crippen LogP contribution < -0.4 is 11.1 Å². The smallest absolute Gasteiger partial charge is 0.193 e. The molecule has 0 spiro atoms. The Bertz CT molecular complexity index is 1090. The zero-order valence-electron chi connectivity index (χ0n) is 41.4. The third kappa shape index (κ3) is 22.6. The lowest BCUT2D eigenvalue weighted by molar-refractivity contribution is -0.152. The van der Waals surface area contributed by atoms with Crippen LogP contribution in [-0.2, 0) is 32.8 Å². The van der Waals surface area contributed by atoms with Crippen molar-refractivity contribution in [1.82, 2.24) is 24.0 Å². The number of nitrogens with zero attached hydrogens (tertiary/aromatic N) is 4. The van der Waals surface area contributed by atoms with Crippen LogP contribution in [0.5, 0.6) is 0 Å². The Morgan fingerprint density at radius 2 is 1.03 bits per heavy atom. The molecule has 0 fully saturated rings. The van der Waals surface area contributed by atoms with Crippen LogP contribution >= 0.6 is 40.4 Å². The van der Waals surface area contributed by atoms with E-state index in [0.717, 1.165) is 0 Å². The van der Waals surface area contributed by atoms with Crippen molar-refractivity contribution in [1.29, 1.82) is 0 Å². The van der Waals surface area contributed by atoms with Gasteiger partial charge in [0, 0.05) is 97.4 Å². The zero-order valence-corrected chi connectivity index (χ0v) is 44.9. The maximum Gasteiger partial charge on any atom is 0.193 e. The van der Waals surface area contributed by atoms with E-state index in [2.05, 4.69) is 135 Å². The molecule has 0 aromatic heterocycles. The van der Waals surface area contributed by atoms with Crippen molar-refractivity contribution in [2.45, 2.75) is 192 Å². The number of rotatable bonds is 35. The lowest BCUT2D eigenvalue weighted by Crippen LogP contribution is -2.49. The summed E-state index contributed by atoms with van der Waals surface area (Å²) < 4.78 is 41.3. The molecule has 6 unspecified atom stereocenters. The molecule has 0 rings (SSSR count). The van der Waals surface area contributed by atoms with Crippen molar-refractivity contribution in [2.24, 2.45) is 17.6 Å². The predicted molar refractivity (Wildman–Crippen MR) is 260 cm³/mol. The maximum absolute atomic E-state index is 13.3. The van der Waals surface area contributed by atoms with Gasteiger partial charge in [-0.3, -0.25) is 9.59 Å². The summed E-state index contributed by atoms with van der Waals surface area (Å²) in [6, 6.07) is 2.18. The molecule has 0 saturated carbocycles. The quantitative estimate of drug-likeness (QED) is 0.0356. The van der Waals surface area contributed by atoms with Crippen LogP contribution in [0.4, 0.5) is 0 Å². The van der Waals surface area contributed by atoms with E-state index in [1.165, 1.54) is 23.5 Å². The van der Waals surface area contributed by atoms with Gasteiger partial charge in [0.15, 0.2) is 33.4 Å². The van der Waals surface area contributed by atoms with Crippen molar-refractivity contribution in [2.75, 3.05) is 64.2 Å². The van der Waals surface area contributed by atoms with Gasteiger partial charge in [-0.25, -0.2) is 18.7 Å². The van der Waals surface area contributed by atoms with Gasteiger partial charge < -0.3 is 34.3 Å². The molecule has 0 radical (unpaired) electrons. The monoisotopic (exact) mass is 931 g/mol. The molecule has 0 aromatic carbocycles. The summed E-state index contributed by atoms with van der Waals surface area (Å²) in [6.45, 7) is 44.9. The van der Waals surface area contributed by atoms with Gasteiger partial charge in [0.05, 0.1) is 26.4 Å². The molecular weight excluding hydrogens is 839 g/mol. The fraction of sp³-hybridized carbons (Fsp3) is 0.953. The highest BCUT2D eigenvalue weighted by Crippen LogP contribution is 2.52. The second-order valence-corrected chi connectivity index (χ2v) is 23.1. The van der Waals surface area contributed by atoms with Crippen LogP contribution in [-0.4, -0.2) is 154 Å². The summed E-state index contributed by atoms with van der Waals surface area (Å²) in [5.74, 6) is 0.788. The molecule has 0 aliphatic heterocycles. The highest BCUT2D eigenvalue weighted by atomic mass is 32.2. The molecule has 60 heavy (non-hydrogen) atoms. The Morgan fingerprint density at radius 3 is 1.48 bits per heavy atom. The molecular formula is C43H92N6O7P2S2. The summed E-state index contributed by atoms with van der Waals surface area (Å²) >= 11 is 2.60. The highest BCUT2D eigenvalue weighted by Gasteiger charge is 2.37. The summed E-state index contributed by atoms with van der Waals surface area (Å²) in [5.41, 5.74) is 5.66. The first-order valence-electron chi connectivity index (χ1n) is 22.6. The van der Waals surface area contributed by atoms with Gasteiger partial charge in [0.2, 0.25) is 0 Å². The molecule has 6 atom stereocenters. The van der Waals surface area contributed by atoms with Crippen LogP contribution in [0.25, 0.3) is 0 Å². The summed E-state index contributed by atoms with van der Waals surface area (Å²) in [6.07, 6.45) is -0.557. The molecule has 13 nitrogen and oxygen atoms in total. The Balaban J connectivity index is 5.41. The van der Waals surface area contributed by atoms with Gasteiger partial charge in [0.1, 0.15) is 6.61 Å². The number of hydrogen-bond donors (Lipinski definition) is 2. The second kappa shape index (κ2) is 33.0. The van der Waals surface area contributed by atoms with E-state index in [-0.39, 0.29) is 58.9 Å². The van der Waals surface area contributed by atoms with Crippen molar-refractivity contribution >= 4 is 50.7 Å².